The molecule has 0 aliphatic rings. The van der Waals surface area contributed by atoms with Crippen LogP contribution < -0.4 is 0 Å². The molecule has 28 heavy (non-hydrogen) atoms. The second-order valence-electron chi connectivity index (χ2n) is 9.45. The van der Waals surface area contributed by atoms with Crippen molar-refractivity contribution in [1.29, 1.82) is 0 Å². The molecule has 2 heteroatoms. The van der Waals surface area contributed by atoms with Crippen LogP contribution in [0, 0.1) is 12.3 Å². The predicted molar refractivity (Wildman–Crippen MR) is 119 cm³/mol. The molecule has 2 heterocycles. The van der Waals surface area contributed by atoms with E-state index in [-0.39, 0.29) is 5.41 Å². The molecule has 144 valence electrons. The summed E-state index contributed by atoms with van der Waals surface area (Å²) in [5.41, 5.74) is 5.97. The molecule has 0 saturated heterocycles. The van der Waals surface area contributed by atoms with Gasteiger partial charge in [0.05, 0.1) is 5.69 Å². The molecule has 0 aliphatic heterocycles. The molecule has 0 spiro atoms. The number of fused-ring (bicyclic) bond motifs is 2. The van der Waals surface area contributed by atoms with Crippen molar-refractivity contribution in [3.8, 4) is 11.3 Å². The summed E-state index contributed by atoms with van der Waals surface area (Å²) < 4.78 is 6.09. The summed E-state index contributed by atoms with van der Waals surface area (Å²) in [5.74, 6) is 1.39. The molecule has 2 aromatic heterocycles. The first kappa shape index (κ1) is 18.7. The van der Waals surface area contributed by atoms with Crippen LogP contribution in [0.3, 0.4) is 0 Å². The zero-order chi connectivity index (χ0) is 20.1. The van der Waals surface area contributed by atoms with Crippen LogP contribution in [0.5, 0.6) is 0 Å². The van der Waals surface area contributed by atoms with Gasteiger partial charge >= 0.3 is 0 Å². The molecule has 2 nitrogen and oxygen atoms in total. The first-order valence-electron chi connectivity index (χ1n) is 10.1. The van der Waals surface area contributed by atoms with Crippen molar-refractivity contribution in [3.63, 3.8) is 0 Å². The lowest BCUT2D eigenvalue weighted by atomic mass is 9.87. The van der Waals surface area contributed by atoms with Crippen LogP contribution in [-0.2, 0) is 6.42 Å². The number of aromatic nitrogens is 1. The van der Waals surface area contributed by atoms with Crippen LogP contribution in [0.25, 0.3) is 33.0 Å². The Balaban J connectivity index is 1.94. The van der Waals surface area contributed by atoms with E-state index in [1.165, 1.54) is 21.9 Å². The SMILES string of the molecule is Cc1cc2cc(C(C)C)cc(-c3nccc4cc(CC(C)(C)C)ccc34)c2o1. The average molecular weight is 372 g/mol. The van der Waals surface area contributed by atoms with E-state index in [2.05, 4.69) is 77.1 Å². The van der Waals surface area contributed by atoms with Crippen molar-refractivity contribution in [3.05, 3.63) is 65.5 Å². The van der Waals surface area contributed by atoms with E-state index in [9.17, 15) is 0 Å². The minimum absolute atomic E-state index is 0.271. The van der Waals surface area contributed by atoms with Crippen molar-refractivity contribution in [2.24, 2.45) is 5.41 Å². The molecule has 0 atom stereocenters. The number of nitrogens with zero attached hydrogens (tertiary/aromatic N) is 1. The first-order chi connectivity index (χ1) is 13.2. The molecule has 0 unspecified atom stereocenters. The molecule has 4 rings (SSSR count). The standard InChI is InChI=1S/C26H29NO/c1-16(2)20-13-21-11-17(3)28-25(21)23(14-20)24-22-8-7-18(15-26(4,5)6)12-19(22)9-10-27-24/h7-14,16H,15H2,1-6H3. The maximum absolute atomic E-state index is 6.09. The Morgan fingerprint density at radius 2 is 1.75 bits per heavy atom. The van der Waals surface area contributed by atoms with Crippen LogP contribution >= 0.6 is 0 Å². The number of furan rings is 1. The Labute approximate surface area is 167 Å². The molecule has 4 aromatic rings. The van der Waals surface area contributed by atoms with Crippen LogP contribution in [0.15, 0.2) is 53.1 Å². The van der Waals surface area contributed by atoms with Crippen molar-refractivity contribution >= 4 is 21.7 Å². The zero-order valence-corrected chi connectivity index (χ0v) is 17.8. The molecule has 0 fully saturated rings. The lowest BCUT2D eigenvalue weighted by Crippen LogP contribution is -2.08. The molecule has 0 aliphatic carbocycles. The largest absolute Gasteiger partial charge is 0.461 e. The Bertz CT molecular complexity index is 1160. The lowest BCUT2D eigenvalue weighted by Gasteiger charge is -2.18. The van der Waals surface area contributed by atoms with Gasteiger partial charge in [0.15, 0.2) is 0 Å². The maximum atomic E-state index is 6.09. The van der Waals surface area contributed by atoms with Gasteiger partial charge in [-0.15, -0.1) is 0 Å². The number of hydrogen-bond acceptors (Lipinski definition) is 2. The van der Waals surface area contributed by atoms with Crippen molar-refractivity contribution in [2.75, 3.05) is 0 Å². The molecule has 0 bridgehead atoms. The average Bonchev–Trinajstić information content (AvgIpc) is 2.98. The highest BCUT2D eigenvalue weighted by Crippen LogP contribution is 2.37. The fourth-order valence-electron chi connectivity index (χ4n) is 3.98. The van der Waals surface area contributed by atoms with Crippen molar-refractivity contribution in [1.82, 2.24) is 4.98 Å². The molecule has 0 N–H and O–H groups in total. The smallest absolute Gasteiger partial charge is 0.143 e. The second kappa shape index (κ2) is 6.77. The van der Waals surface area contributed by atoms with Crippen LogP contribution in [0.4, 0.5) is 0 Å². The lowest BCUT2D eigenvalue weighted by molar-refractivity contribution is 0.411. The van der Waals surface area contributed by atoms with E-state index < -0.39 is 0 Å². The minimum Gasteiger partial charge on any atom is -0.461 e. The van der Waals surface area contributed by atoms with Crippen LogP contribution in [-0.4, -0.2) is 4.98 Å². The topological polar surface area (TPSA) is 26.0 Å². The third-order valence-corrected chi connectivity index (χ3v) is 5.25. The van der Waals surface area contributed by atoms with Gasteiger partial charge in [-0.2, -0.15) is 0 Å². The normalized spacial score (nSPS) is 12.4. The van der Waals surface area contributed by atoms with Gasteiger partial charge in [-0.1, -0.05) is 52.8 Å². The Morgan fingerprint density at radius 1 is 0.964 bits per heavy atom. The summed E-state index contributed by atoms with van der Waals surface area (Å²) in [6.07, 6.45) is 2.98. The highest BCUT2D eigenvalue weighted by molar-refractivity contribution is 6.02. The van der Waals surface area contributed by atoms with E-state index in [0.29, 0.717) is 5.92 Å². The van der Waals surface area contributed by atoms with Gasteiger partial charge in [0.2, 0.25) is 0 Å². The summed E-state index contributed by atoms with van der Waals surface area (Å²) in [6.45, 7) is 13.3. The number of benzene rings is 2. The van der Waals surface area contributed by atoms with Gasteiger partial charge in [0.25, 0.3) is 0 Å². The fraction of sp³-hybridized carbons (Fsp3) is 0.346. The summed E-state index contributed by atoms with van der Waals surface area (Å²) in [4.78, 5) is 4.78. The van der Waals surface area contributed by atoms with Gasteiger partial charge in [0.1, 0.15) is 11.3 Å². The van der Waals surface area contributed by atoms with E-state index in [1.807, 2.05) is 13.1 Å². The Hall–Kier alpha value is -2.61. The minimum atomic E-state index is 0.271. The van der Waals surface area contributed by atoms with E-state index in [1.54, 1.807) is 0 Å². The predicted octanol–water partition coefficient (Wildman–Crippen LogP) is 7.67. The summed E-state index contributed by atoms with van der Waals surface area (Å²) >= 11 is 0. The third kappa shape index (κ3) is 3.56. The van der Waals surface area contributed by atoms with Gasteiger partial charge in [-0.25, -0.2) is 0 Å². The van der Waals surface area contributed by atoms with Gasteiger partial charge in [-0.3, -0.25) is 4.98 Å². The monoisotopic (exact) mass is 371 g/mol. The van der Waals surface area contributed by atoms with Crippen molar-refractivity contribution in [2.45, 2.75) is 53.9 Å². The van der Waals surface area contributed by atoms with Crippen molar-refractivity contribution < 1.29 is 4.42 Å². The molecular formula is C26H29NO. The number of rotatable bonds is 3. The third-order valence-electron chi connectivity index (χ3n) is 5.25. The number of hydrogen-bond donors (Lipinski definition) is 0. The quantitative estimate of drug-likeness (QED) is 0.369. The van der Waals surface area contributed by atoms with E-state index in [0.717, 1.165) is 34.4 Å². The Morgan fingerprint density at radius 3 is 2.46 bits per heavy atom. The second-order valence-corrected chi connectivity index (χ2v) is 9.45. The summed E-state index contributed by atoms with van der Waals surface area (Å²) in [7, 11) is 0. The highest BCUT2D eigenvalue weighted by Gasteiger charge is 2.17. The Kier molecular flexibility index (Phi) is 4.53. The van der Waals surface area contributed by atoms with Gasteiger partial charge < -0.3 is 4.42 Å². The fourth-order valence-corrected chi connectivity index (χ4v) is 3.98. The summed E-state index contributed by atoms with van der Waals surface area (Å²) in [6, 6.07) is 15.5. The number of pyridine rings is 1. The van der Waals surface area contributed by atoms with Crippen LogP contribution in [0.2, 0.25) is 0 Å². The first-order valence-corrected chi connectivity index (χ1v) is 10.1. The van der Waals surface area contributed by atoms with Gasteiger partial charge in [0, 0.05) is 22.5 Å². The molecule has 0 radical (unpaired) electrons. The maximum Gasteiger partial charge on any atom is 0.143 e. The zero-order valence-electron chi connectivity index (χ0n) is 17.8. The molecular weight excluding hydrogens is 342 g/mol. The highest BCUT2D eigenvalue weighted by atomic mass is 16.3. The van der Waals surface area contributed by atoms with Crippen LogP contribution in [0.1, 0.15) is 57.4 Å². The summed E-state index contributed by atoms with van der Waals surface area (Å²) in [5, 5.41) is 3.57. The molecule has 0 saturated carbocycles. The van der Waals surface area contributed by atoms with Gasteiger partial charge in [-0.05, 0) is 65.5 Å². The molecule has 0 amide bonds. The molecule has 2 aromatic carbocycles. The van der Waals surface area contributed by atoms with E-state index >= 15 is 0 Å². The number of aryl methyl sites for hydroxylation is 1. The van der Waals surface area contributed by atoms with E-state index in [4.69, 9.17) is 9.40 Å².